The SMILES string of the molecule is O=C(NC1CCCC1)C(c1ccccc1F)N(C(=O)Cn1nnc2ccccc21)c1ccc2c(c1)OCCO2. The van der Waals surface area contributed by atoms with Crippen LogP contribution >= 0.6 is 0 Å². The van der Waals surface area contributed by atoms with Gasteiger partial charge in [-0.3, -0.25) is 14.5 Å². The lowest BCUT2D eigenvalue weighted by molar-refractivity contribution is -0.127. The van der Waals surface area contributed by atoms with Gasteiger partial charge in [0.05, 0.1) is 5.52 Å². The van der Waals surface area contributed by atoms with Crippen LogP contribution in [0.15, 0.2) is 66.7 Å². The highest BCUT2D eigenvalue weighted by atomic mass is 19.1. The maximum absolute atomic E-state index is 15.3. The van der Waals surface area contributed by atoms with E-state index >= 15 is 4.39 Å². The third-order valence-corrected chi connectivity index (χ3v) is 7.19. The lowest BCUT2D eigenvalue weighted by Crippen LogP contribution is -2.47. The number of benzene rings is 3. The van der Waals surface area contributed by atoms with Crippen molar-refractivity contribution in [2.75, 3.05) is 18.1 Å². The molecule has 6 rings (SSSR count). The van der Waals surface area contributed by atoms with Crippen LogP contribution in [-0.2, 0) is 16.1 Å². The van der Waals surface area contributed by atoms with Gasteiger partial charge in [-0.25, -0.2) is 9.07 Å². The third-order valence-electron chi connectivity index (χ3n) is 7.19. The molecule has 2 amide bonds. The number of anilines is 1. The van der Waals surface area contributed by atoms with E-state index in [2.05, 4.69) is 15.6 Å². The molecule has 1 aliphatic carbocycles. The summed E-state index contributed by atoms with van der Waals surface area (Å²) in [6, 6.07) is 17.1. The lowest BCUT2D eigenvalue weighted by atomic mass is 10.0. The van der Waals surface area contributed by atoms with Gasteiger partial charge in [-0.05, 0) is 43.2 Å². The van der Waals surface area contributed by atoms with Crippen LogP contribution in [0.3, 0.4) is 0 Å². The molecular formula is C29H28FN5O4. The Hall–Kier alpha value is -4.47. The number of nitrogens with zero attached hydrogens (tertiary/aromatic N) is 4. The van der Waals surface area contributed by atoms with Crippen LogP contribution in [-0.4, -0.2) is 46.1 Å². The summed E-state index contributed by atoms with van der Waals surface area (Å²) in [4.78, 5) is 29.4. The lowest BCUT2D eigenvalue weighted by Gasteiger charge is -2.33. The molecule has 4 aromatic rings. The molecule has 2 heterocycles. The molecule has 10 heteroatoms. The molecular weight excluding hydrogens is 501 g/mol. The predicted octanol–water partition coefficient (Wildman–Crippen LogP) is 4.17. The summed E-state index contributed by atoms with van der Waals surface area (Å²) in [6.07, 6.45) is 3.72. The number of para-hydroxylation sites is 1. The maximum atomic E-state index is 15.3. The van der Waals surface area contributed by atoms with Crippen molar-refractivity contribution in [1.29, 1.82) is 0 Å². The van der Waals surface area contributed by atoms with Gasteiger partial charge in [0.25, 0.3) is 0 Å². The van der Waals surface area contributed by atoms with Gasteiger partial charge in [0, 0.05) is 23.4 Å². The molecule has 1 fully saturated rings. The molecule has 39 heavy (non-hydrogen) atoms. The molecule has 1 unspecified atom stereocenters. The van der Waals surface area contributed by atoms with Crippen molar-refractivity contribution >= 4 is 28.5 Å². The molecule has 1 N–H and O–H groups in total. The van der Waals surface area contributed by atoms with Crippen LogP contribution in [0.2, 0.25) is 0 Å². The first-order valence-corrected chi connectivity index (χ1v) is 13.1. The van der Waals surface area contributed by atoms with E-state index in [9.17, 15) is 9.59 Å². The fourth-order valence-electron chi connectivity index (χ4n) is 5.30. The van der Waals surface area contributed by atoms with E-state index in [0.29, 0.717) is 41.4 Å². The largest absolute Gasteiger partial charge is 0.486 e. The number of hydrogen-bond acceptors (Lipinski definition) is 6. The minimum atomic E-state index is -1.27. The molecule has 1 atom stereocenters. The second-order valence-corrected chi connectivity index (χ2v) is 9.74. The van der Waals surface area contributed by atoms with E-state index in [0.717, 1.165) is 25.7 Å². The van der Waals surface area contributed by atoms with Crippen LogP contribution in [0, 0.1) is 5.82 Å². The first-order chi connectivity index (χ1) is 19.1. The topological polar surface area (TPSA) is 98.6 Å². The van der Waals surface area contributed by atoms with Crippen LogP contribution in [0.5, 0.6) is 11.5 Å². The molecule has 0 radical (unpaired) electrons. The van der Waals surface area contributed by atoms with E-state index in [1.165, 1.54) is 21.7 Å². The standard InChI is InChI=1S/C29H28FN5O4/c30-22-10-4-3-9-21(22)28(29(37)31-19-7-1-2-8-19)35(20-13-14-25-26(17-20)39-16-15-38-25)27(36)18-34-24-12-6-5-11-23(24)32-33-34/h3-6,9-14,17,19,28H,1-2,7-8,15-16,18H2,(H,31,37). The third kappa shape index (κ3) is 5.01. The summed E-state index contributed by atoms with van der Waals surface area (Å²) in [6.45, 7) is 0.556. The molecule has 1 saturated carbocycles. The van der Waals surface area contributed by atoms with Gasteiger partial charge in [-0.1, -0.05) is 48.4 Å². The Kier molecular flexibility index (Phi) is 6.83. The smallest absolute Gasteiger partial charge is 0.249 e. The number of fused-ring (bicyclic) bond motifs is 2. The minimum Gasteiger partial charge on any atom is -0.486 e. The van der Waals surface area contributed by atoms with Crippen molar-refractivity contribution in [3.63, 3.8) is 0 Å². The summed E-state index contributed by atoms with van der Waals surface area (Å²) in [5, 5.41) is 11.4. The van der Waals surface area contributed by atoms with Gasteiger partial charge in [0.1, 0.15) is 37.1 Å². The molecule has 0 spiro atoms. The molecule has 3 aromatic carbocycles. The van der Waals surface area contributed by atoms with E-state index in [1.54, 1.807) is 36.4 Å². The monoisotopic (exact) mass is 529 g/mol. The van der Waals surface area contributed by atoms with E-state index in [4.69, 9.17) is 9.47 Å². The summed E-state index contributed by atoms with van der Waals surface area (Å²) >= 11 is 0. The summed E-state index contributed by atoms with van der Waals surface area (Å²) in [7, 11) is 0. The molecule has 2 aliphatic rings. The molecule has 1 aromatic heterocycles. The van der Waals surface area contributed by atoms with Gasteiger partial charge < -0.3 is 14.8 Å². The van der Waals surface area contributed by atoms with Crippen LogP contribution in [0.25, 0.3) is 11.0 Å². The van der Waals surface area contributed by atoms with E-state index in [-0.39, 0.29) is 18.2 Å². The number of carbonyl (C=O) groups is 2. The maximum Gasteiger partial charge on any atom is 0.249 e. The van der Waals surface area contributed by atoms with Crippen LogP contribution in [0.1, 0.15) is 37.3 Å². The zero-order chi connectivity index (χ0) is 26.8. The molecule has 0 bridgehead atoms. The summed E-state index contributed by atoms with van der Waals surface area (Å²) < 4.78 is 28.2. The Bertz CT molecular complexity index is 1520. The number of hydrogen-bond donors (Lipinski definition) is 1. The average Bonchev–Trinajstić information content (AvgIpc) is 3.62. The zero-order valence-electron chi connectivity index (χ0n) is 21.3. The van der Waals surface area contributed by atoms with Gasteiger partial charge in [-0.2, -0.15) is 0 Å². The van der Waals surface area contributed by atoms with Gasteiger partial charge in [0.15, 0.2) is 11.5 Å². The number of halogens is 1. The molecule has 1 aliphatic heterocycles. The second-order valence-electron chi connectivity index (χ2n) is 9.74. The van der Waals surface area contributed by atoms with Crippen LogP contribution in [0.4, 0.5) is 10.1 Å². The van der Waals surface area contributed by atoms with E-state index < -0.39 is 23.7 Å². The molecule has 9 nitrogen and oxygen atoms in total. The Morgan fingerprint density at radius 3 is 2.56 bits per heavy atom. The second kappa shape index (κ2) is 10.7. The van der Waals surface area contributed by atoms with Crippen molar-refractivity contribution in [2.45, 2.75) is 44.3 Å². The number of carbonyl (C=O) groups excluding carboxylic acids is 2. The van der Waals surface area contributed by atoms with Crippen molar-refractivity contribution in [3.05, 3.63) is 78.1 Å². The Balaban J connectivity index is 1.45. The average molecular weight is 530 g/mol. The first kappa shape index (κ1) is 24.8. The highest BCUT2D eigenvalue weighted by molar-refractivity contribution is 6.02. The van der Waals surface area contributed by atoms with Crippen molar-refractivity contribution in [2.24, 2.45) is 0 Å². The zero-order valence-corrected chi connectivity index (χ0v) is 21.3. The molecule has 200 valence electrons. The van der Waals surface area contributed by atoms with Crippen LogP contribution < -0.4 is 19.7 Å². The molecule has 0 saturated heterocycles. The summed E-state index contributed by atoms with van der Waals surface area (Å²) in [5.41, 5.74) is 1.79. The van der Waals surface area contributed by atoms with Crippen molar-refractivity contribution < 1.29 is 23.5 Å². The Morgan fingerprint density at radius 2 is 1.74 bits per heavy atom. The number of nitrogens with one attached hydrogen (secondary N) is 1. The quantitative estimate of drug-likeness (QED) is 0.386. The number of rotatable bonds is 7. The highest BCUT2D eigenvalue weighted by Crippen LogP contribution is 2.38. The number of amides is 2. The fourth-order valence-corrected chi connectivity index (χ4v) is 5.30. The Morgan fingerprint density at radius 1 is 1.00 bits per heavy atom. The first-order valence-electron chi connectivity index (χ1n) is 13.1. The van der Waals surface area contributed by atoms with Crippen molar-refractivity contribution in [3.8, 4) is 11.5 Å². The Labute approximate surface area is 224 Å². The minimum absolute atomic E-state index is 0.0248. The van der Waals surface area contributed by atoms with E-state index in [1.807, 2.05) is 18.2 Å². The predicted molar refractivity (Wildman–Crippen MR) is 142 cm³/mol. The number of aromatic nitrogens is 3. The number of ether oxygens (including phenoxy) is 2. The summed E-state index contributed by atoms with van der Waals surface area (Å²) in [5.74, 6) is -0.495. The highest BCUT2D eigenvalue weighted by Gasteiger charge is 2.36. The van der Waals surface area contributed by atoms with Gasteiger partial charge in [-0.15, -0.1) is 5.10 Å². The van der Waals surface area contributed by atoms with Crippen molar-refractivity contribution in [1.82, 2.24) is 20.3 Å². The fraction of sp³-hybridized carbons (Fsp3) is 0.310. The van der Waals surface area contributed by atoms with Gasteiger partial charge in [0.2, 0.25) is 11.8 Å². The normalized spacial score (nSPS) is 15.7. The van der Waals surface area contributed by atoms with Gasteiger partial charge >= 0.3 is 0 Å².